The average Bonchev–Trinajstić information content (AvgIpc) is 3.19. The van der Waals surface area contributed by atoms with Crippen LogP contribution in [0.1, 0.15) is 41.4 Å². The molecule has 4 rings (SSSR count). The minimum atomic E-state index is -0.533. The van der Waals surface area contributed by atoms with Gasteiger partial charge in [0.2, 0.25) is 5.95 Å². The predicted molar refractivity (Wildman–Crippen MR) is 120 cm³/mol. The number of aromatic nitrogens is 3. The number of rotatable bonds is 7. The first kappa shape index (κ1) is 20.8. The molecule has 0 aliphatic carbocycles. The molecule has 1 amide bonds. The van der Waals surface area contributed by atoms with Gasteiger partial charge in [0.15, 0.2) is 0 Å². The summed E-state index contributed by atoms with van der Waals surface area (Å²) in [4.78, 5) is 27.9. The number of nitrogens with zero attached hydrogens (tertiary/aromatic N) is 5. The Morgan fingerprint density at radius 1 is 1.32 bits per heavy atom. The average molecular weight is 418 g/mol. The summed E-state index contributed by atoms with van der Waals surface area (Å²) < 4.78 is 0. The zero-order chi connectivity index (χ0) is 21.8. The lowest BCUT2D eigenvalue weighted by Crippen LogP contribution is -2.52. The lowest BCUT2D eigenvalue weighted by atomic mass is 10.0. The van der Waals surface area contributed by atoms with Gasteiger partial charge in [0, 0.05) is 49.0 Å². The number of primary amides is 1. The first-order chi connectivity index (χ1) is 15.0. The van der Waals surface area contributed by atoms with Crippen LogP contribution in [0.15, 0.2) is 36.7 Å². The van der Waals surface area contributed by atoms with Crippen LogP contribution >= 0.6 is 0 Å². The Hall–Kier alpha value is -3.44. The number of amides is 1. The maximum atomic E-state index is 11.4. The molecule has 0 radical (unpaired) electrons. The van der Waals surface area contributed by atoms with Gasteiger partial charge in [-0.25, -0.2) is 9.97 Å². The van der Waals surface area contributed by atoms with Crippen molar-refractivity contribution in [3.05, 3.63) is 53.5 Å². The maximum Gasteiger partial charge on any atom is 0.267 e. The topological polar surface area (TPSA) is 115 Å². The van der Waals surface area contributed by atoms with E-state index in [-0.39, 0.29) is 11.7 Å². The molecule has 1 fully saturated rings. The van der Waals surface area contributed by atoms with Crippen molar-refractivity contribution >= 4 is 22.8 Å². The highest BCUT2D eigenvalue weighted by Gasteiger charge is 2.25. The number of unbranched alkanes of at least 4 members (excludes halogenated alkanes) is 1. The zero-order valence-electron chi connectivity index (χ0n) is 17.7. The summed E-state index contributed by atoms with van der Waals surface area (Å²) in [6.45, 7) is 5.90. The van der Waals surface area contributed by atoms with Crippen molar-refractivity contribution in [2.24, 2.45) is 5.73 Å². The van der Waals surface area contributed by atoms with Crippen LogP contribution in [0, 0.1) is 11.3 Å². The van der Waals surface area contributed by atoms with E-state index in [1.54, 1.807) is 12.3 Å². The summed E-state index contributed by atoms with van der Waals surface area (Å²) in [6.07, 6.45) is 6.86. The lowest BCUT2D eigenvalue weighted by Gasteiger charge is -2.40. The van der Waals surface area contributed by atoms with E-state index < -0.39 is 5.91 Å². The number of nitriles is 1. The van der Waals surface area contributed by atoms with Gasteiger partial charge in [-0.3, -0.25) is 9.69 Å². The Labute approximate surface area is 181 Å². The number of anilines is 1. The summed E-state index contributed by atoms with van der Waals surface area (Å²) >= 11 is 0. The van der Waals surface area contributed by atoms with Crippen LogP contribution in [0.5, 0.6) is 0 Å². The van der Waals surface area contributed by atoms with Crippen LogP contribution in [-0.2, 0) is 6.42 Å². The monoisotopic (exact) mass is 417 g/mol. The second-order valence-electron chi connectivity index (χ2n) is 8.09. The van der Waals surface area contributed by atoms with Gasteiger partial charge >= 0.3 is 0 Å². The highest BCUT2D eigenvalue weighted by molar-refractivity contribution is 5.90. The van der Waals surface area contributed by atoms with Gasteiger partial charge in [-0.2, -0.15) is 5.26 Å². The molecule has 1 atom stereocenters. The molecule has 0 spiro atoms. The molecule has 1 aliphatic heterocycles. The Kier molecular flexibility index (Phi) is 6.14. The van der Waals surface area contributed by atoms with E-state index in [9.17, 15) is 4.79 Å². The molecular weight excluding hydrogens is 390 g/mol. The fourth-order valence-corrected chi connectivity index (χ4v) is 4.26. The van der Waals surface area contributed by atoms with Gasteiger partial charge in [0.05, 0.1) is 11.6 Å². The molecule has 0 bridgehead atoms. The number of carbonyl (C=O) groups excluding carboxylic acids is 1. The Balaban J connectivity index is 1.27. The van der Waals surface area contributed by atoms with Crippen molar-refractivity contribution < 1.29 is 4.79 Å². The van der Waals surface area contributed by atoms with Crippen LogP contribution in [0.4, 0.5) is 5.95 Å². The third-order valence-corrected chi connectivity index (χ3v) is 5.93. The molecule has 3 N–H and O–H groups in total. The normalized spacial score (nSPS) is 17.0. The van der Waals surface area contributed by atoms with E-state index in [1.807, 2.05) is 18.2 Å². The molecule has 2 aromatic heterocycles. The van der Waals surface area contributed by atoms with Crippen molar-refractivity contribution in [2.45, 2.75) is 32.2 Å². The van der Waals surface area contributed by atoms with E-state index in [4.69, 9.17) is 11.0 Å². The summed E-state index contributed by atoms with van der Waals surface area (Å²) in [5, 5.41) is 10.3. The standard InChI is InChI=1S/C23H27N7O/c1-16-15-29(10-11-30(16)23-26-8-7-21(28-23)22(25)31)9-3-2-4-18-14-27-20-6-5-17(13-24)12-19(18)20/h5-8,12,14,16,27H,2-4,9-11,15H2,1H3,(H2,25,31). The summed E-state index contributed by atoms with van der Waals surface area (Å²) in [6, 6.07) is 9.81. The van der Waals surface area contributed by atoms with Gasteiger partial charge in [-0.1, -0.05) is 0 Å². The third kappa shape index (κ3) is 4.67. The van der Waals surface area contributed by atoms with Crippen molar-refractivity contribution in [1.29, 1.82) is 5.26 Å². The predicted octanol–water partition coefficient (Wildman–Crippen LogP) is 2.46. The molecule has 1 aromatic carbocycles. The highest BCUT2D eigenvalue weighted by atomic mass is 16.1. The molecule has 8 nitrogen and oxygen atoms in total. The SMILES string of the molecule is CC1CN(CCCCc2c[nH]c3ccc(C#N)cc23)CCN1c1nccc(C(N)=O)n1. The summed E-state index contributed by atoms with van der Waals surface area (Å²) in [5.41, 5.74) is 8.65. The molecule has 31 heavy (non-hydrogen) atoms. The molecule has 3 aromatic rings. The van der Waals surface area contributed by atoms with Crippen LogP contribution < -0.4 is 10.6 Å². The van der Waals surface area contributed by atoms with E-state index in [2.05, 4.69) is 43.9 Å². The van der Waals surface area contributed by atoms with Gasteiger partial charge in [0.1, 0.15) is 5.69 Å². The Morgan fingerprint density at radius 3 is 2.97 bits per heavy atom. The number of aryl methyl sites for hydroxylation is 1. The van der Waals surface area contributed by atoms with Gasteiger partial charge in [-0.15, -0.1) is 0 Å². The number of hydrogen-bond donors (Lipinski definition) is 2. The molecule has 8 heteroatoms. The minimum Gasteiger partial charge on any atom is -0.364 e. The third-order valence-electron chi connectivity index (χ3n) is 5.93. The van der Waals surface area contributed by atoms with Gasteiger partial charge in [0.25, 0.3) is 5.91 Å². The lowest BCUT2D eigenvalue weighted by molar-refractivity contribution is 0.0995. The highest BCUT2D eigenvalue weighted by Crippen LogP contribution is 2.22. The van der Waals surface area contributed by atoms with Crippen LogP contribution in [0.3, 0.4) is 0 Å². The van der Waals surface area contributed by atoms with Crippen LogP contribution in [0.25, 0.3) is 10.9 Å². The maximum absolute atomic E-state index is 11.4. The molecule has 1 aliphatic rings. The first-order valence-corrected chi connectivity index (χ1v) is 10.7. The van der Waals surface area contributed by atoms with Crippen LogP contribution in [-0.4, -0.2) is 58.0 Å². The van der Waals surface area contributed by atoms with Gasteiger partial charge in [-0.05, 0) is 62.6 Å². The number of hydrogen-bond acceptors (Lipinski definition) is 6. The Bertz CT molecular complexity index is 1120. The summed E-state index contributed by atoms with van der Waals surface area (Å²) in [5.74, 6) is 0.0357. The second-order valence-corrected chi connectivity index (χ2v) is 8.09. The molecule has 160 valence electrons. The summed E-state index contributed by atoms with van der Waals surface area (Å²) in [7, 11) is 0. The first-order valence-electron chi connectivity index (χ1n) is 10.7. The molecular formula is C23H27N7O. The Morgan fingerprint density at radius 2 is 2.19 bits per heavy atom. The van der Waals surface area contributed by atoms with Crippen molar-refractivity contribution in [1.82, 2.24) is 19.9 Å². The molecule has 1 unspecified atom stereocenters. The van der Waals surface area contributed by atoms with E-state index >= 15 is 0 Å². The number of benzene rings is 1. The molecule has 3 heterocycles. The second kappa shape index (κ2) is 9.14. The number of aromatic amines is 1. The molecule has 0 saturated carbocycles. The molecule has 1 saturated heterocycles. The number of nitrogens with one attached hydrogen (secondary N) is 1. The van der Waals surface area contributed by atoms with Crippen molar-refractivity contribution in [3.63, 3.8) is 0 Å². The van der Waals surface area contributed by atoms with Gasteiger partial charge < -0.3 is 15.6 Å². The minimum absolute atomic E-state index is 0.249. The largest absolute Gasteiger partial charge is 0.364 e. The number of fused-ring (bicyclic) bond motifs is 1. The van der Waals surface area contributed by atoms with E-state index in [0.29, 0.717) is 11.5 Å². The van der Waals surface area contributed by atoms with E-state index in [1.165, 1.54) is 5.56 Å². The number of piperazine rings is 1. The van der Waals surface area contributed by atoms with E-state index in [0.717, 1.165) is 56.3 Å². The number of carbonyl (C=O) groups is 1. The number of nitrogens with two attached hydrogens (primary N) is 1. The van der Waals surface area contributed by atoms with Crippen molar-refractivity contribution in [3.8, 4) is 6.07 Å². The smallest absolute Gasteiger partial charge is 0.267 e. The fourth-order valence-electron chi connectivity index (χ4n) is 4.26. The quantitative estimate of drug-likeness (QED) is 0.571. The number of H-pyrrole nitrogens is 1. The van der Waals surface area contributed by atoms with Crippen LogP contribution in [0.2, 0.25) is 0 Å². The zero-order valence-corrected chi connectivity index (χ0v) is 17.7. The fraction of sp³-hybridized carbons (Fsp3) is 0.391. The van der Waals surface area contributed by atoms with Crippen molar-refractivity contribution in [2.75, 3.05) is 31.1 Å².